The number of nitrogens with one attached hydrogen (secondary N) is 2. The predicted molar refractivity (Wildman–Crippen MR) is 100 cm³/mol. The number of aromatic amines is 1. The number of aromatic nitrogens is 5. The molecule has 0 bridgehead atoms. The summed E-state index contributed by atoms with van der Waals surface area (Å²) >= 11 is 0. The number of tetrazole rings is 1. The molecular weight excluding hydrogens is 385 g/mol. The first-order chi connectivity index (χ1) is 13.8. The van der Waals surface area contributed by atoms with Crippen LogP contribution < -0.4 is 10.2 Å². The average molecular weight is 400 g/mol. The Morgan fingerprint density at radius 1 is 1.24 bits per heavy atom. The number of rotatable bonds is 5. The van der Waals surface area contributed by atoms with Crippen molar-refractivity contribution < 1.29 is 13.2 Å². The van der Waals surface area contributed by atoms with E-state index in [1.54, 1.807) is 43.3 Å². The average Bonchev–Trinajstić information content (AvgIpc) is 3.22. The zero-order chi connectivity index (χ0) is 21.0. The summed E-state index contributed by atoms with van der Waals surface area (Å²) in [7, 11) is 3.42. The van der Waals surface area contributed by atoms with Gasteiger partial charge in [0.2, 0.25) is 5.82 Å². The van der Waals surface area contributed by atoms with E-state index in [1.807, 2.05) is 6.07 Å². The lowest BCUT2D eigenvalue weighted by molar-refractivity contribution is -0.137. The van der Waals surface area contributed by atoms with Gasteiger partial charge in [-0.05, 0) is 29.0 Å². The fourth-order valence-corrected chi connectivity index (χ4v) is 2.51. The van der Waals surface area contributed by atoms with Crippen LogP contribution in [0.4, 0.5) is 24.7 Å². The molecule has 0 unspecified atom stereocenters. The zero-order valence-electron chi connectivity index (χ0n) is 15.4. The molecule has 1 aromatic carbocycles. The number of anilines is 2. The topological polar surface area (TPSA) is 106 Å². The number of halogens is 3. The fraction of sp³-hybridized carbons (Fsp3) is 0.167. The first-order valence-corrected chi connectivity index (χ1v) is 8.25. The number of nitriles is 1. The van der Waals surface area contributed by atoms with E-state index in [2.05, 4.69) is 30.9 Å². The maximum atomic E-state index is 13.1. The van der Waals surface area contributed by atoms with E-state index in [9.17, 15) is 13.2 Å². The summed E-state index contributed by atoms with van der Waals surface area (Å²) in [6.07, 6.45) is -2.25. The summed E-state index contributed by atoms with van der Waals surface area (Å²) in [6, 6.07) is 9.71. The number of hydrogen-bond acceptors (Lipinski definition) is 7. The number of benzene rings is 1. The van der Waals surface area contributed by atoms with Gasteiger partial charge in [0.05, 0.1) is 5.56 Å². The zero-order valence-corrected chi connectivity index (χ0v) is 15.4. The van der Waals surface area contributed by atoms with Gasteiger partial charge >= 0.3 is 6.18 Å². The van der Waals surface area contributed by atoms with Crippen molar-refractivity contribution >= 4 is 17.1 Å². The third-order valence-corrected chi connectivity index (χ3v) is 3.90. The molecule has 0 aliphatic carbocycles. The molecule has 0 atom stereocenters. The Balaban J connectivity index is 1.89. The van der Waals surface area contributed by atoms with E-state index >= 15 is 0 Å². The van der Waals surface area contributed by atoms with Crippen LogP contribution in [0.25, 0.3) is 16.7 Å². The number of pyridine rings is 1. The minimum atomic E-state index is -4.48. The largest absolute Gasteiger partial charge is 0.417 e. The van der Waals surface area contributed by atoms with Crippen molar-refractivity contribution in [1.29, 1.82) is 5.26 Å². The normalized spacial score (nSPS) is 11.8. The quantitative estimate of drug-likeness (QED) is 0.633. The second kappa shape index (κ2) is 7.97. The Morgan fingerprint density at radius 2 is 1.97 bits per heavy atom. The van der Waals surface area contributed by atoms with Gasteiger partial charge in [-0.2, -0.15) is 23.6 Å². The third kappa shape index (κ3) is 4.49. The van der Waals surface area contributed by atoms with Crippen molar-refractivity contribution in [2.75, 3.05) is 24.3 Å². The van der Waals surface area contributed by atoms with Crippen molar-refractivity contribution in [3.05, 3.63) is 54.1 Å². The summed E-state index contributed by atoms with van der Waals surface area (Å²) in [5.74, 6) is 0.560. The molecule has 3 rings (SSSR count). The van der Waals surface area contributed by atoms with Crippen LogP contribution in [0.2, 0.25) is 0 Å². The van der Waals surface area contributed by atoms with Crippen molar-refractivity contribution in [3.63, 3.8) is 0 Å². The molecule has 0 spiro atoms. The van der Waals surface area contributed by atoms with Crippen LogP contribution >= 0.6 is 0 Å². The third-order valence-electron chi connectivity index (χ3n) is 3.90. The molecule has 29 heavy (non-hydrogen) atoms. The highest BCUT2D eigenvalue weighted by Gasteiger charge is 2.32. The lowest BCUT2D eigenvalue weighted by atomic mass is 10.0. The lowest BCUT2D eigenvalue weighted by Crippen LogP contribution is -2.14. The van der Waals surface area contributed by atoms with Crippen molar-refractivity contribution in [2.45, 2.75) is 6.18 Å². The second-order valence-electron chi connectivity index (χ2n) is 6.11. The molecule has 11 heteroatoms. The van der Waals surface area contributed by atoms with Crippen LogP contribution in [0, 0.1) is 11.3 Å². The molecule has 0 fully saturated rings. The summed E-state index contributed by atoms with van der Waals surface area (Å²) in [5.41, 5.74) is 0.898. The minimum Gasteiger partial charge on any atom is -0.362 e. The highest BCUT2D eigenvalue weighted by atomic mass is 19.4. The highest BCUT2D eigenvalue weighted by Crippen LogP contribution is 2.35. The molecular formula is C18H15F3N8. The van der Waals surface area contributed by atoms with Crippen molar-refractivity contribution in [3.8, 4) is 17.2 Å². The molecule has 148 valence electrons. The van der Waals surface area contributed by atoms with E-state index in [4.69, 9.17) is 5.26 Å². The second-order valence-corrected chi connectivity index (χ2v) is 6.11. The summed E-state index contributed by atoms with van der Waals surface area (Å²) in [5, 5.41) is 25.2. The molecule has 0 radical (unpaired) electrons. The van der Waals surface area contributed by atoms with Gasteiger partial charge in [-0.25, -0.2) is 4.98 Å². The van der Waals surface area contributed by atoms with E-state index in [0.29, 0.717) is 22.6 Å². The summed E-state index contributed by atoms with van der Waals surface area (Å²) < 4.78 is 39.3. The minimum absolute atomic E-state index is 0.141. The first kappa shape index (κ1) is 19.8. The number of allylic oxidation sites excluding steroid dienone is 1. The summed E-state index contributed by atoms with van der Waals surface area (Å²) in [4.78, 5) is 5.61. The van der Waals surface area contributed by atoms with Crippen molar-refractivity contribution in [1.82, 2.24) is 25.6 Å². The van der Waals surface area contributed by atoms with Gasteiger partial charge in [0, 0.05) is 37.7 Å². The first-order valence-electron chi connectivity index (χ1n) is 8.25. The predicted octanol–water partition coefficient (Wildman–Crippen LogP) is 3.32. The Labute approximate surface area is 163 Å². The molecule has 0 saturated carbocycles. The van der Waals surface area contributed by atoms with Crippen LogP contribution in [0.3, 0.4) is 0 Å². The number of hydrogen-bond donors (Lipinski definition) is 2. The van der Waals surface area contributed by atoms with E-state index in [0.717, 1.165) is 12.3 Å². The SMILES string of the molecule is CN(C)c1ncc(C(F)(F)F)cc1-c1ccc(NC=C(C#N)c2nn[nH]n2)cc1. The molecule has 0 aliphatic rings. The van der Waals surface area contributed by atoms with Gasteiger partial charge in [-0.1, -0.05) is 12.1 Å². The van der Waals surface area contributed by atoms with Crippen molar-refractivity contribution in [2.24, 2.45) is 0 Å². The van der Waals surface area contributed by atoms with Gasteiger partial charge in [0.15, 0.2) is 0 Å². The number of alkyl halides is 3. The fourth-order valence-electron chi connectivity index (χ4n) is 2.51. The molecule has 3 aromatic rings. The number of nitrogens with zero attached hydrogens (tertiary/aromatic N) is 6. The Morgan fingerprint density at radius 3 is 2.52 bits per heavy atom. The Kier molecular flexibility index (Phi) is 5.45. The Hall–Kier alpha value is -3.94. The maximum absolute atomic E-state index is 13.1. The van der Waals surface area contributed by atoms with Crippen LogP contribution in [0.1, 0.15) is 11.4 Å². The highest BCUT2D eigenvalue weighted by molar-refractivity contribution is 5.78. The van der Waals surface area contributed by atoms with E-state index in [-0.39, 0.29) is 11.4 Å². The van der Waals surface area contributed by atoms with Crippen LogP contribution in [-0.2, 0) is 6.18 Å². The van der Waals surface area contributed by atoms with Crippen LogP contribution in [0.15, 0.2) is 42.7 Å². The molecule has 8 nitrogen and oxygen atoms in total. The van der Waals surface area contributed by atoms with E-state index in [1.165, 1.54) is 6.20 Å². The lowest BCUT2D eigenvalue weighted by Gasteiger charge is -2.18. The summed E-state index contributed by atoms with van der Waals surface area (Å²) in [6.45, 7) is 0. The van der Waals surface area contributed by atoms with Gasteiger partial charge in [-0.15, -0.1) is 10.2 Å². The smallest absolute Gasteiger partial charge is 0.362 e. The molecule has 0 saturated heterocycles. The Bertz CT molecular complexity index is 1050. The van der Waals surface area contributed by atoms with Gasteiger partial charge in [0.1, 0.15) is 17.5 Å². The number of H-pyrrole nitrogens is 1. The van der Waals surface area contributed by atoms with Gasteiger partial charge in [-0.3, -0.25) is 0 Å². The molecule has 0 amide bonds. The molecule has 2 N–H and O–H groups in total. The monoisotopic (exact) mass is 400 g/mol. The van der Waals surface area contributed by atoms with Crippen LogP contribution in [0.5, 0.6) is 0 Å². The van der Waals surface area contributed by atoms with E-state index < -0.39 is 11.7 Å². The van der Waals surface area contributed by atoms with Gasteiger partial charge in [0.25, 0.3) is 0 Å². The molecule has 0 aliphatic heterocycles. The molecule has 2 aromatic heterocycles. The maximum Gasteiger partial charge on any atom is 0.417 e. The molecule has 2 heterocycles. The van der Waals surface area contributed by atoms with Crippen LogP contribution in [-0.4, -0.2) is 39.7 Å². The van der Waals surface area contributed by atoms with Gasteiger partial charge < -0.3 is 10.2 Å². The standard InChI is InChI=1S/C18H15F3N8/c1-29(2)17-15(7-13(10-24-17)18(19,20)21)11-3-5-14(6-4-11)23-9-12(8-22)16-25-27-28-26-16/h3-7,9-10,23H,1-2H3,(H,25,26,27,28).